The number of nitrogens with one attached hydrogen (secondary N) is 1. The number of hydrogen-bond acceptors (Lipinski definition) is 9. The molecule has 15 nitrogen and oxygen atoms in total. The van der Waals surface area contributed by atoms with Crippen LogP contribution in [0.25, 0.3) is 44.5 Å². The van der Waals surface area contributed by atoms with Crippen LogP contribution in [0.2, 0.25) is 18.1 Å². The van der Waals surface area contributed by atoms with Gasteiger partial charge in [-0.15, -0.1) is 5.10 Å². The topological polar surface area (TPSA) is 182 Å². The van der Waals surface area contributed by atoms with Gasteiger partial charge in [0.05, 0.1) is 57.3 Å². The van der Waals surface area contributed by atoms with E-state index in [9.17, 15) is 19.5 Å². The number of aryl methyl sites for hydroxylation is 2. The monoisotopic (exact) mass is 901 g/mol. The van der Waals surface area contributed by atoms with Gasteiger partial charge in [0.25, 0.3) is 10.0 Å². The van der Waals surface area contributed by atoms with Gasteiger partial charge in [-0.1, -0.05) is 70.2 Å². The number of alkyl carbamates (subject to hydrolysis) is 1. The first-order valence-corrected chi connectivity index (χ1v) is 25.3. The highest BCUT2D eigenvalue weighted by Gasteiger charge is 2.46. The molecule has 0 bridgehead atoms. The quantitative estimate of drug-likeness (QED) is 0.120. The van der Waals surface area contributed by atoms with Gasteiger partial charge in [-0.25, -0.2) is 27.0 Å². The average Bonchev–Trinajstić information content (AvgIpc) is 3.90. The van der Waals surface area contributed by atoms with Gasteiger partial charge in [-0.3, -0.25) is 18.6 Å². The van der Waals surface area contributed by atoms with Crippen LogP contribution >= 0.6 is 0 Å². The molecule has 4 atom stereocenters. The van der Waals surface area contributed by atoms with Gasteiger partial charge >= 0.3 is 17.8 Å². The van der Waals surface area contributed by atoms with E-state index in [2.05, 4.69) is 44.3 Å². The number of nitrogens with zero attached hydrogens (tertiary/aromatic N) is 6. The lowest BCUT2D eigenvalue weighted by Gasteiger charge is -2.40. The Morgan fingerprint density at radius 1 is 1.02 bits per heavy atom. The summed E-state index contributed by atoms with van der Waals surface area (Å²) in [6, 6.07) is 13.6. The third kappa shape index (κ3) is 8.47. The molecule has 1 fully saturated rings. The second-order valence-corrected chi connectivity index (χ2v) is 25.7. The maximum Gasteiger partial charge on any atom is 0.407 e. The molecule has 7 rings (SSSR count). The molecule has 4 heterocycles. The largest absolute Gasteiger partial charge is 0.481 e. The number of ether oxygens (including phenoxy) is 1. The summed E-state index contributed by atoms with van der Waals surface area (Å²) in [6.45, 7) is 17.7. The van der Waals surface area contributed by atoms with Crippen molar-refractivity contribution in [3.8, 4) is 22.4 Å². The molecule has 336 valence electrons. The smallest absolute Gasteiger partial charge is 0.407 e. The zero-order chi connectivity index (χ0) is 46.1. The highest BCUT2D eigenvalue weighted by atomic mass is 32.2. The summed E-state index contributed by atoms with van der Waals surface area (Å²) in [6.07, 6.45) is 2.16. The van der Waals surface area contributed by atoms with E-state index in [0.29, 0.717) is 23.0 Å². The number of aliphatic carboxylic acids is 1. The summed E-state index contributed by atoms with van der Waals surface area (Å²) in [5.74, 6) is -2.25. The van der Waals surface area contributed by atoms with Crippen molar-refractivity contribution >= 4 is 52.5 Å². The normalized spacial score (nSPS) is 18.0. The van der Waals surface area contributed by atoms with Gasteiger partial charge in [-0.2, -0.15) is 4.39 Å². The van der Waals surface area contributed by atoms with Crippen LogP contribution < -0.4 is 11.0 Å². The second-order valence-electron chi connectivity index (χ2n) is 19.1. The summed E-state index contributed by atoms with van der Waals surface area (Å²) in [7, 11) is -3.86. The van der Waals surface area contributed by atoms with Crippen molar-refractivity contribution in [1.29, 1.82) is 0 Å². The molecular weight excluding hydrogens is 846 g/mol. The zero-order valence-electron chi connectivity index (χ0n) is 37.6. The van der Waals surface area contributed by atoms with Crippen LogP contribution in [0.5, 0.6) is 0 Å². The average molecular weight is 902 g/mol. The number of pyridine rings is 1. The molecule has 18 heteroatoms. The van der Waals surface area contributed by atoms with E-state index in [1.165, 1.54) is 40.8 Å². The number of fused-ring (bicyclic) bond motifs is 3. The first kappa shape index (κ1) is 45.4. The molecule has 0 unspecified atom stereocenters. The van der Waals surface area contributed by atoms with E-state index < -0.39 is 65.8 Å². The van der Waals surface area contributed by atoms with E-state index in [1.54, 1.807) is 81.8 Å². The summed E-state index contributed by atoms with van der Waals surface area (Å²) in [5, 5.41) is 16.6. The molecule has 0 saturated heterocycles. The highest BCUT2D eigenvalue weighted by molar-refractivity contribution is 7.90. The van der Waals surface area contributed by atoms with Crippen LogP contribution in [0, 0.1) is 5.95 Å². The number of carbonyl (C=O) groups excluding carboxylic acids is 1. The van der Waals surface area contributed by atoms with Crippen molar-refractivity contribution in [2.75, 3.05) is 0 Å². The van der Waals surface area contributed by atoms with Crippen LogP contribution in [-0.2, 0) is 38.1 Å². The minimum absolute atomic E-state index is 0.0576. The summed E-state index contributed by atoms with van der Waals surface area (Å²) in [5.41, 5.74) is 0.747. The Morgan fingerprint density at radius 2 is 1.67 bits per heavy atom. The number of aromatic nitrogens is 6. The Hall–Kier alpha value is -5.59. The number of rotatable bonds is 11. The van der Waals surface area contributed by atoms with Gasteiger partial charge in [0.2, 0.25) is 5.95 Å². The number of imidazole rings is 1. The molecule has 1 aliphatic carbocycles. The van der Waals surface area contributed by atoms with Crippen molar-refractivity contribution in [1.82, 2.24) is 33.2 Å². The lowest BCUT2D eigenvalue weighted by Crippen LogP contribution is -2.50. The number of amides is 1. The van der Waals surface area contributed by atoms with E-state index in [0.717, 1.165) is 9.54 Å². The minimum Gasteiger partial charge on any atom is -0.481 e. The van der Waals surface area contributed by atoms with Gasteiger partial charge in [0.1, 0.15) is 5.60 Å². The van der Waals surface area contributed by atoms with Crippen LogP contribution in [0.15, 0.2) is 76.7 Å². The first-order chi connectivity index (χ1) is 29.3. The van der Waals surface area contributed by atoms with Crippen molar-refractivity contribution in [3.63, 3.8) is 0 Å². The second kappa shape index (κ2) is 16.2. The van der Waals surface area contributed by atoms with Crippen LogP contribution in [0.1, 0.15) is 85.3 Å². The van der Waals surface area contributed by atoms with E-state index in [1.807, 2.05) is 0 Å². The molecule has 63 heavy (non-hydrogen) atoms. The van der Waals surface area contributed by atoms with Gasteiger partial charge in [-0.05, 0) is 80.9 Å². The van der Waals surface area contributed by atoms with Gasteiger partial charge in [0.15, 0.2) is 14.0 Å². The minimum atomic E-state index is -4.54. The molecule has 1 aliphatic rings. The first-order valence-electron chi connectivity index (χ1n) is 20.9. The molecule has 0 radical (unpaired) electrons. The Balaban J connectivity index is 1.56. The summed E-state index contributed by atoms with van der Waals surface area (Å²) >= 11 is 0. The molecule has 4 aromatic heterocycles. The number of hydrogen-bond donors (Lipinski definition) is 2. The molecule has 1 saturated carbocycles. The number of carboxylic acid groups (broad SMARTS) is 1. The fraction of sp³-hybridized carbons (Fsp3) is 0.444. The maximum absolute atomic E-state index is 16.3. The van der Waals surface area contributed by atoms with Crippen LogP contribution in [-0.4, -0.2) is 79.5 Å². The molecule has 1 amide bonds. The molecule has 0 spiro atoms. The molecular formula is C45H56FN7O8SSi. The fourth-order valence-electron chi connectivity index (χ4n) is 8.30. The molecule has 0 aliphatic heterocycles. The van der Waals surface area contributed by atoms with Crippen LogP contribution in [0.3, 0.4) is 0 Å². The number of benzene rings is 2. The SMILES string of the molecule is C[C@H](CC(=O)O)c1ccc(-c2c(-c3cn(C)nc3F)n(S(=O)(=O)c3ccccc3)c3ncc4c(c23)n([C@H]2C[C@H](NC(=O)OC(C)(C)C)[C@H](O[Si](C)(C)C(C)(C)C)C2)c(=O)n4C)cc1. The Kier molecular flexibility index (Phi) is 11.7. The molecule has 2 aromatic carbocycles. The lowest BCUT2D eigenvalue weighted by molar-refractivity contribution is -0.137. The number of carbonyl (C=O) groups is 2. The third-order valence-electron chi connectivity index (χ3n) is 12.4. The predicted molar refractivity (Wildman–Crippen MR) is 241 cm³/mol. The van der Waals surface area contributed by atoms with Crippen molar-refractivity contribution < 1.29 is 36.7 Å². The third-order valence-corrected chi connectivity index (χ3v) is 18.6. The Morgan fingerprint density at radius 3 is 2.24 bits per heavy atom. The van der Waals surface area contributed by atoms with Crippen LogP contribution in [0.4, 0.5) is 9.18 Å². The standard InChI is InChI=1S/C45H56FN7O8SSi/c1-26(21-35(54)55)27-17-19-28(20-18-27)36-37-39-33(24-47-41(37)53(38(36)31-25-50(8)49-40(31)46)62(58,59)30-15-13-12-14-16-30)51(9)43(57)52(39)29-22-32(48-42(56)60-44(2,3)4)34(23-29)61-63(10,11)45(5,6)7/h12-20,24-26,29,32,34H,21-23H2,1-11H3,(H,48,56)(H,54,55)/t26-,29+,32+,34-/m1/s1. The maximum atomic E-state index is 16.3. The van der Waals surface area contributed by atoms with Crippen molar-refractivity contribution in [3.05, 3.63) is 89.0 Å². The lowest BCUT2D eigenvalue weighted by atomic mass is 9.93. The Bertz CT molecular complexity index is 2910. The highest BCUT2D eigenvalue weighted by Crippen LogP contribution is 2.48. The Labute approximate surface area is 367 Å². The summed E-state index contributed by atoms with van der Waals surface area (Å²) in [4.78, 5) is 44.5. The summed E-state index contributed by atoms with van der Waals surface area (Å²) < 4.78 is 64.5. The zero-order valence-corrected chi connectivity index (χ0v) is 39.4. The number of halogens is 1. The molecule has 6 aromatic rings. The molecule has 2 N–H and O–H groups in total. The van der Waals surface area contributed by atoms with E-state index in [-0.39, 0.29) is 56.5 Å². The fourth-order valence-corrected chi connectivity index (χ4v) is 11.2. The van der Waals surface area contributed by atoms with Crippen molar-refractivity contribution in [2.24, 2.45) is 14.1 Å². The van der Waals surface area contributed by atoms with Gasteiger partial charge in [0, 0.05) is 31.9 Å². The van der Waals surface area contributed by atoms with Gasteiger partial charge < -0.3 is 19.6 Å². The van der Waals surface area contributed by atoms with E-state index >= 15 is 12.8 Å². The van der Waals surface area contributed by atoms with E-state index in [4.69, 9.17) is 14.1 Å². The predicted octanol–water partition coefficient (Wildman–Crippen LogP) is 8.33. The van der Waals surface area contributed by atoms with Crippen molar-refractivity contribution in [2.45, 2.75) is 120 Å². The number of carboxylic acids is 1.